The molecule has 2 saturated heterocycles. The summed E-state index contributed by atoms with van der Waals surface area (Å²) < 4.78 is 48.5. The van der Waals surface area contributed by atoms with E-state index in [0.29, 0.717) is 6.54 Å². The molecule has 1 aromatic carbocycles. The van der Waals surface area contributed by atoms with Crippen LogP contribution < -0.4 is 15.1 Å². The first-order valence-electron chi connectivity index (χ1n) is 8.90. The Morgan fingerprint density at radius 1 is 1.30 bits per heavy atom. The third-order valence-electron chi connectivity index (χ3n) is 5.53. The molecule has 2 amide bonds. The van der Waals surface area contributed by atoms with E-state index < -0.39 is 35.4 Å². The molecule has 6 nitrogen and oxygen atoms in total. The molecule has 3 aliphatic rings. The lowest BCUT2D eigenvalue weighted by molar-refractivity contribution is -0.119. The Bertz CT molecular complexity index is 776. The smallest absolute Gasteiger partial charge is 0.414 e. The highest BCUT2D eigenvalue weighted by molar-refractivity contribution is 5.90. The molecule has 0 aromatic heterocycles. The molecular weight excluding hydrogens is 363 g/mol. The fraction of sp³-hybridized carbons (Fsp3) is 0.556. The van der Waals surface area contributed by atoms with Crippen LogP contribution >= 0.6 is 0 Å². The largest absolute Gasteiger partial charge is 0.442 e. The Balaban J connectivity index is 1.52. The lowest BCUT2D eigenvalue weighted by Crippen LogP contribution is -2.33. The SMILES string of the molecule is CC(=O)NCC1CN(c2cc(F)c(N3CC(F)C4(CC4)C3)c(F)c2)C(=O)O1. The van der Waals surface area contributed by atoms with Crippen LogP contribution in [0.25, 0.3) is 0 Å². The summed E-state index contributed by atoms with van der Waals surface area (Å²) in [5, 5.41) is 2.53. The number of carbonyl (C=O) groups excluding carboxylic acids is 2. The van der Waals surface area contributed by atoms with Gasteiger partial charge in [-0.3, -0.25) is 9.69 Å². The number of carbonyl (C=O) groups is 2. The van der Waals surface area contributed by atoms with Crippen molar-refractivity contribution in [2.75, 3.05) is 36.0 Å². The fourth-order valence-electron chi connectivity index (χ4n) is 3.84. The lowest BCUT2D eigenvalue weighted by Gasteiger charge is -2.22. The number of benzene rings is 1. The first kappa shape index (κ1) is 17.9. The van der Waals surface area contributed by atoms with Gasteiger partial charge in [0, 0.05) is 37.6 Å². The van der Waals surface area contributed by atoms with Gasteiger partial charge in [-0.2, -0.15) is 0 Å². The maximum atomic E-state index is 14.7. The summed E-state index contributed by atoms with van der Waals surface area (Å²) in [6, 6.07) is 2.12. The molecule has 2 unspecified atom stereocenters. The molecule has 27 heavy (non-hydrogen) atoms. The van der Waals surface area contributed by atoms with Crippen molar-refractivity contribution >= 4 is 23.4 Å². The van der Waals surface area contributed by atoms with Crippen LogP contribution in [0.15, 0.2) is 12.1 Å². The van der Waals surface area contributed by atoms with E-state index in [1.54, 1.807) is 0 Å². The van der Waals surface area contributed by atoms with E-state index in [1.807, 2.05) is 0 Å². The van der Waals surface area contributed by atoms with Crippen molar-refractivity contribution in [3.63, 3.8) is 0 Å². The molecule has 1 spiro atoms. The van der Waals surface area contributed by atoms with E-state index in [4.69, 9.17) is 4.74 Å². The third-order valence-corrected chi connectivity index (χ3v) is 5.53. The van der Waals surface area contributed by atoms with Gasteiger partial charge in [0.15, 0.2) is 11.6 Å². The molecule has 1 saturated carbocycles. The van der Waals surface area contributed by atoms with Gasteiger partial charge < -0.3 is 15.0 Å². The van der Waals surface area contributed by atoms with E-state index >= 15 is 0 Å². The average Bonchev–Trinajstić information content (AvgIpc) is 3.16. The summed E-state index contributed by atoms with van der Waals surface area (Å²) in [5.41, 5.74) is -0.679. The topological polar surface area (TPSA) is 61.9 Å². The maximum Gasteiger partial charge on any atom is 0.414 e. The van der Waals surface area contributed by atoms with Gasteiger partial charge >= 0.3 is 6.09 Å². The Morgan fingerprint density at radius 3 is 2.52 bits per heavy atom. The van der Waals surface area contributed by atoms with Crippen molar-refractivity contribution in [1.29, 1.82) is 0 Å². The van der Waals surface area contributed by atoms with E-state index in [1.165, 1.54) is 11.8 Å². The normalized spacial score (nSPS) is 25.9. The van der Waals surface area contributed by atoms with Crippen molar-refractivity contribution in [2.24, 2.45) is 5.41 Å². The van der Waals surface area contributed by atoms with Crippen LogP contribution in [0.5, 0.6) is 0 Å². The zero-order chi connectivity index (χ0) is 19.3. The Kier molecular flexibility index (Phi) is 4.20. The molecule has 0 bridgehead atoms. The van der Waals surface area contributed by atoms with Gasteiger partial charge in [0.05, 0.1) is 18.8 Å². The highest BCUT2D eigenvalue weighted by Crippen LogP contribution is 2.55. The number of nitrogens with zero attached hydrogens (tertiary/aromatic N) is 2. The maximum absolute atomic E-state index is 14.7. The molecular formula is C18H20F3N3O3. The van der Waals surface area contributed by atoms with Gasteiger partial charge in [0.1, 0.15) is 18.0 Å². The highest BCUT2D eigenvalue weighted by atomic mass is 19.1. The quantitative estimate of drug-likeness (QED) is 0.867. The summed E-state index contributed by atoms with van der Waals surface area (Å²) in [6.45, 7) is 1.79. The summed E-state index contributed by atoms with van der Waals surface area (Å²) in [5.74, 6) is -1.95. The number of halogens is 3. The minimum Gasteiger partial charge on any atom is -0.442 e. The van der Waals surface area contributed by atoms with Crippen LogP contribution in [0.1, 0.15) is 19.8 Å². The second kappa shape index (κ2) is 6.31. The molecule has 1 N–H and O–H groups in total. The molecule has 1 aliphatic carbocycles. The summed E-state index contributed by atoms with van der Waals surface area (Å²) >= 11 is 0. The monoisotopic (exact) mass is 383 g/mol. The number of ether oxygens (including phenoxy) is 1. The van der Waals surface area contributed by atoms with Gasteiger partial charge in [-0.05, 0) is 12.8 Å². The van der Waals surface area contributed by atoms with Crippen molar-refractivity contribution in [3.05, 3.63) is 23.8 Å². The molecule has 4 rings (SSSR count). The number of alkyl halides is 1. The number of anilines is 2. The first-order chi connectivity index (χ1) is 12.8. The molecule has 146 valence electrons. The molecule has 2 atom stereocenters. The Hall–Kier alpha value is -2.45. The Labute approximate surface area is 154 Å². The first-order valence-corrected chi connectivity index (χ1v) is 8.90. The Morgan fingerprint density at radius 2 is 1.96 bits per heavy atom. The average molecular weight is 383 g/mol. The second-order valence-electron chi connectivity index (χ2n) is 7.52. The van der Waals surface area contributed by atoms with E-state index in [-0.39, 0.29) is 36.9 Å². The van der Waals surface area contributed by atoms with Crippen molar-refractivity contribution < 1.29 is 27.5 Å². The molecule has 3 fully saturated rings. The number of amides is 2. The van der Waals surface area contributed by atoms with E-state index in [9.17, 15) is 22.8 Å². The second-order valence-corrected chi connectivity index (χ2v) is 7.52. The summed E-state index contributed by atoms with van der Waals surface area (Å²) in [7, 11) is 0. The molecule has 2 heterocycles. The van der Waals surface area contributed by atoms with E-state index in [2.05, 4.69) is 5.32 Å². The lowest BCUT2D eigenvalue weighted by atomic mass is 10.1. The predicted molar refractivity (Wildman–Crippen MR) is 91.4 cm³/mol. The summed E-state index contributed by atoms with van der Waals surface area (Å²) in [6.07, 6.45) is -0.950. The molecule has 2 aliphatic heterocycles. The van der Waals surface area contributed by atoms with Crippen LogP contribution in [0.2, 0.25) is 0 Å². The zero-order valence-corrected chi connectivity index (χ0v) is 14.8. The minimum absolute atomic E-state index is 0.0289. The van der Waals surface area contributed by atoms with Gasteiger partial charge in [-0.15, -0.1) is 0 Å². The fourth-order valence-corrected chi connectivity index (χ4v) is 3.84. The number of nitrogens with one attached hydrogen (secondary N) is 1. The number of rotatable bonds is 4. The minimum atomic E-state index is -1.08. The van der Waals surface area contributed by atoms with Crippen LogP contribution in [0, 0.1) is 17.0 Å². The van der Waals surface area contributed by atoms with Crippen molar-refractivity contribution in [2.45, 2.75) is 32.0 Å². The predicted octanol–water partition coefficient (Wildman–Crippen LogP) is 2.36. The third kappa shape index (κ3) is 3.19. The molecule has 0 radical (unpaired) electrons. The van der Waals surface area contributed by atoms with Gasteiger partial charge in [-0.1, -0.05) is 0 Å². The van der Waals surface area contributed by atoms with Crippen molar-refractivity contribution in [3.8, 4) is 0 Å². The van der Waals surface area contributed by atoms with Crippen LogP contribution in [0.4, 0.5) is 29.3 Å². The molecule has 9 heteroatoms. The molecule has 1 aromatic rings. The van der Waals surface area contributed by atoms with Crippen LogP contribution in [0.3, 0.4) is 0 Å². The number of cyclic esters (lactones) is 1. The summed E-state index contributed by atoms with van der Waals surface area (Å²) in [4.78, 5) is 25.5. The van der Waals surface area contributed by atoms with Crippen LogP contribution in [-0.4, -0.2) is 50.5 Å². The highest BCUT2D eigenvalue weighted by Gasteiger charge is 2.56. The number of hydrogen-bond donors (Lipinski definition) is 1. The van der Waals surface area contributed by atoms with Crippen LogP contribution in [-0.2, 0) is 9.53 Å². The van der Waals surface area contributed by atoms with Gasteiger partial charge in [-0.25, -0.2) is 18.0 Å². The van der Waals surface area contributed by atoms with Gasteiger partial charge in [0.25, 0.3) is 0 Å². The van der Waals surface area contributed by atoms with Gasteiger partial charge in [0.2, 0.25) is 5.91 Å². The zero-order valence-electron chi connectivity index (χ0n) is 14.8. The standard InChI is InChI=1S/C18H20F3N3O3/c1-10(25)22-6-12-7-24(17(26)27-12)11-4-13(19)16(14(20)5-11)23-8-15(21)18(9-23)2-3-18/h4-5,12,15H,2-3,6-9H2,1H3,(H,22,25). The van der Waals surface area contributed by atoms with Crippen molar-refractivity contribution in [1.82, 2.24) is 5.32 Å². The van der Waals surface area contributed by atoms with E-state index in [0.717, 1.165) is 29.9 Å². The number of hydrogen-bond acceptors (Lipinski definition) is 4.